The minimum atomic E-state index is -0.819. The third-order valence-electron chi connectivity index (χ3n) is 5.29. The van der Waals surface area contributed by atoms with Crippen LogP contribution in [-0.4, -0.2) is 48.1 Å². The van der Waals surface area contributed by atoms with Gasteiger partial charge in [-0.2, -0.15) is 0 Å². The van der Waals surface area contributed by atoms with E-state index >= 15 is 0 Å². The summed E-state index contributed by atoms with van der Waals surface area (Å²) in [6.45, 7) is 2.75. The van der Waals surface area contributed by atoms with E-state index < -0.39 is 5.97 Å². The van der Waals surface area contributed by atoms with Crippen molar-refractivity contribution in [1.82, 2.24) is 10.2 Å². The first-order valence-corrected chi connectivity index (χ1v) is 10.0. The first kappa shape index (κ1) is 21.0. The molecule has 1 heterocycles. The lowest BCUT2D eigenvalue weighted by Gasteiger charge is -2.16. The molecule has 154 valence electrons. The van der Waals surface area contributed by atoms with Gasteiger partial charge < -0.3 is 10.4 Å². The normalized spacial score (nSPS) is 16.7. The lowest BCUT2D eigenvalue weighted by molar-refractivity contribution is -0.136. The summed E-state index contributed by atoms with van der Waals surface area (Å²) in [4.78, 5) is 25.1. The Morgan fingerprint density at radius 1 is 1.03 bits per heavy atom. The fourth-order valence-electron chi connectivity index (χ4n) is 3.78. The standard InChI is InChI=1S/C23H27FN2O3/c24-21-7-5-17(6-8-21)9-11-25-22(27)16-26-12-10-20(15-26)13-18-1-3-19(4-2-18)14-23(28)29/h1-8,20H,9-16H2,(H,25,27)(H,28,29). The quantitative estimate of drug-likeness (QED) is 0.681. The van der Waals surface area contributed by atoms with Crippen molar-refractivity contribution in [3.63, 3.8) is 0 Å². The number of likely N-dealkylation sites (tertiary alicyclic amines) is 1. The highest BCUT2D eigenvalue weighted by Gasteiger charge is 2.24. The van der Waals surface area contributed by atoms with E-state index in [2.05, 4.69) is 10.2 Å². The maximum absolute atomic E-state index is 12.9. The predicted octanol–water partition coefficient (Wildman–Crippen LogP) is 2.68. The first-order chi connectivity index (χ1) is 14.0. The van der Waals surface area contributed by atoms with Gasteiger partial charge >= 0.3 is 5.97 Å². The molecule has 0 spiro atoms. The van der Waals surface area contributed by atoms with Crippen molar-refractivity contribution in [2.45, 2.75) is 25.7 Å². The van der Waals surface area contributed by atoms with Crippen LogP contribution in [-0.2, 0) is 28.9 Å². The molecular formula is C23H27FN2O3. The van der Waals surface area contributed by atoms with Crippen LogP contribution in [0.25, 0.3) is 0 Å². The molecule has 1 unspecified atom stereocenters. The van der Waals surface area contributed by atoms with E-state index in [1.807, 2.05) is 24.3 Å². The van der Waals surface area contributed by atoms with E-state index in [4.69, 9.17) is 5.11 Å². The summed E-state index contributed by atoms with van der Waals surface area (Å²) in [5.41, 5.74) is 3.02. The summed E-state index contributed by atoms with van der Waals surface area (Å²) in [6.07, 6.45) is 2.73. The van der Waals surface area contributed by atoms with E-state index in [-0.39, 0.29) is 18.1 Å². The van der Waals surface area contributed by atoms with Gasteiger partial charge in [0.1, 0.15) is 5.82 Å². The number of carboxylic acids is 1. The van der Waals surface area contributed by atoms with Crippen LogP contribution in [0.15, 0.2) is 48.5 Å². The number of carbonyl (C=O) groups is 2. The molecule has 2 N–H and O–H groups in total. The number of hydrogen-bond donors (Lipinski definition) is 2. The second-order valence-corrected chi connectivity index (χ2v) is 7.71. The third-order valence-corrected chi connectivity index (χ3v) is 5.29. The molecule has 5 nitrogen and oxygen atoms in total. The van der Waals surface area contributed by atoms with Gasteiger partial charge in [-0.15, -0.1) is 0 Å². The summed E-state index contributed by atoms with van der Waals surface area (Å²) in [6, 6.07) is 14.1. The van der Waals surface area contributed by atoms with Crippen LogP contribution in [0.5, 0.6) is 0 Å². The van der Waals surface area contributed by atoms with Gasteiger partial charge in [-0.25, -0.2) is 4.39 Å². The molecule has 0 bridgehead atoms. The first-order valence-electron chi connectivity index (χ1n) is 10.0. The minimum absolute atomic E-state index is 0.0192. The Bertz CT molecular complexity index is 821. The molecule has 29 heavy (non-hydrogen) atoms. The summed E-state index contributed by atoms with van der Waals surface area (Å²) in [7, 11) is 0. The second kappa shape index (κ2) is 10.2. The van der Waals surface area contributed by atoms with Crippen molar-refractivity contribution in [2.75, 3.05) is 26.2 Å². The number of aliphatic carboxylic acids is 1. The third kappa shape index (κ3) is 6.98. The molecule has 0 aromatic heterocycles. The van der Waals surface area contributed by atoms with Gasteiger partial charge in [0, 0.05) is 13.1 Å². The Balaban J connectivity index is 1.36. The molecule has 1 saturated heterocycles. The molecule has 1 atom stereocenters. The zero-order valence-electron chi connectivity index (χ0n) is 16.4. The molecule has 1 aliphatic rings. The molecule has 6 heteroatoms. The Labute approximate surface area is 170 Å². The molecule has 0 saturated carbocycles. The average molecular weight is 398 g/mol. The van der Waals surface area contributed by atoms with Gasteiger partial charge in [-0.05, 0) is 60.5 Å². The smallest absolute Gasteiger partial charge is 0.307 e. The van der Waals surface area contributed by atoms with Crippen molar-refractivity contribution >= 4 is 11.9 Å². The number of nitrogens with zero attached hydrogens (tertiary/aromatic N) is 1. The monoisotopic (exact) mass is 398 g/mol. The molecule has 2 aromatic rings. The number of benzene rings is 2. The van der Waals surface area contributed by atoms with Crippen molar-refractivity contribution in [3.8, 4) is 0 Å². The van der Waals surface area contributed by atoms with E-state index in [1.165, 1.54) is 17.7 Å². The Hall–Kier alpha value is -2.73. The number of hydrogen-bond acceptors (Lipinski definition) is 3. The average Bonchev–Trinajstić information content (AvgIpc) is 3.11. The van der Waals surface area contributed by atoms with Crippen LogP contribution in [0, 0.1) is 11.7 Å². The Kier molecular flexibility index (Phi) is 7.36. The van der Waals surface area contributed by atoms with Crippen LogP contribution < -0.4 is 5.32 Å². The van der Waals surface area contributed by atoms with Crippen molar-refractivity contribution in [2.24, 2.45) is 5.92 Å². The molecule has 2 aromatic carbocycles. The maximum atomic E-state index is 12.9. The second-order valence-electron chi connectivity index (χ2n) is 7.71. The van der Waals surface area contributed by atoms with Gasteiger partial charge in [-0.3, -0.25) is 14.5 Å². The highest BCUT2D eigenvalue weighted by atomic mass is 19.1. The predicted molar refractivity (Wildman–Crippen MR) is 109 cm³/mol. The number of carboxylic acid groups (broad SMARTS) is 1. The van der Waals surface area contributed by atoms with E-state index in [0.29, 0.717) is 25.4 Å². The number of halogens is 1. The topological polar surface area (TPSA) is 69.6 Å². The highest BCUT2D eigenvalue weighted by Crippen LogP contribution is 2.21. The number of amides is 1. The van der Waals surface area contributed by atoms with Crippen LogP contribution in [0.4, 0.5) is 4.39 Å². The van der Waals surface area contributed by atoms with Crippen LogP contribution in [0.3, 0.4) is 0 Å². The fourth-order valence-corrected chi connectivity index (χ4v) is 3.78. The maximum Gasteiger partial charge on any atom is 0.307 e. The highest BCUT2D eigenvalue weighted by molar-refractivity contribution is 5.78. The molecule has 3 rings (SSSR count). The van der Waals surface area contributed by atoms with Gasteiger partial charge in [0.05, 0.1) is 13.0 Å². The summed E-state index contributed by atoms with van der Waals surface area (Å²) in [5.74, 6) is -0.546. The molecule has 1 aliphatic heterocycles. The van der Waals surface area contributed by atoms with Crippen LogP contribution in [0.1, 0.15) is 23.1 Å². The van der Waals surface area contributed by atoms with E-state index in [9.17, 15) is 14.0 Å². The fraction of sp³-hybridized carbons (Fsp3) is 0.391. The van der Waals surface area contributed by atoms with Gasteiger partial charge in [-0.1, -0.05) is 36.4 Å². The minimum Gasteiger partial charge on any atom is -0.481 e. The van der Waals surface area contributed by atoms with Crippen molar-refractivity contribution < 1.29 is 19.1 Å². The number of nitrogens with one attached hydrogen (secondary N) is 1. The zero-order valence-corrected chi connectivity index (χ0v) is 16.4. The van der Waals surface area contributed by atoms with Crippen molar-refractivity contribution in [1.29, 1.82) is 0 Å². The summed E-state index contributed by atoms with van der Waals surface area (Å²) >= 11 is 0. The largest absolute Gasteiger partial charge is 0.481 e. The molecule has 0 aliphatic carbocycles. The lowest BCUT2D eigenvalue weighted by Crippen LogP contribution is -2.37. The molecule has 1 fully saturated rings. The van der Waals surface area contributed by atoms with Crippen LogP contribution >= 0.6 is 0 Å². The molecule has 0 radical (unpaired) electrons. The Morgan fingerprint density at radius 2 is 1.69 bits per heavy atom. The SMILES string of the molecule is O=C(O)Cc1ccc(CC2CCN(CC(=O)NCCc3ccc(F)cc3)C2)cc1. The van der Waals surface area contributed by atoms with Crippen LogP contribution in [0.2, 0.25) is 0 Å². The van der Waals surface area contributed by atoms with Gasteiger partial charge in [0.25, 0.3) is 0 Å². The van der Waals surface area contributed by atoms with E-state index in [0.717, 1.165) is 37.1 Å². The summed E-state index contributed by atoms with van der Waals surface area (Å²) in [5, 5.41) is 11.8. The summed E-state index contributed by atoms with van der Waals surface area (Å²) < 4.78 is 12.9. The van der Waals surface area contributed by atoms with E-state index in [1.54, 1.807) is 12.1 Å². The molecule has 1 amide bonds. The number of rotatable bonds is 9. The zero-order chi connectivity index (χ0) is 20.6. The van der Waals surface area contributed by atoms with Gasteiger partial charge in [0.15, 0.2) is 0 Å². The number of carbonyl (C=O) groups excluding carboxylic acids is 1. The van der Waals surface area contributed by atoms with Gasteiger partial charge in [0.2, 0.25) is 5.91 Å². The van der Waals surface area contributed by atoms with Crippen molar-refractivity contribution in [3.05, 3.63) is 71.0 Å². The Morgan fingerprint density at radius 3 is 2.38 bits per heavy atom. The lowest BCUT2D eigenvalue weighted by atomic mass is 9.97. The molecular weight excluding hydrogens is 371 g/mol.